The summed E-state index contributed by atoms with van der Waals surface area (Å²) in [6, 6.07) is 5.63. The van der Waals surface area contributed by atoms with Gasteiger partial charge in [-0.2, -0.15) is 0 Å². The van der Waals surface area contributed by atoms with Gasteiger partial charge in [0.1, 0.15) is 0 Å². The summed E-state index contributed by atoms with van der Waals surface area (Å²) in [4.78, 5) is 14.3. The van der Waals surface area contributed by atoms with Crippen LogP contribution in [0.4, 0.5) is 5.69 Å². The minimum Gasteiger partial charge on any atom is -0.398 e. The fraction of sp³-hybridized carbons (Fsp3) is 0.500. The Morgan fingerprint density at radius 1 is 1.35 bits per heavy atom. The van der Waals surface area contributed by atoms with Crippen LogP contribution >= 0.6 is 0 Å². The zero-order valence-corrected chi connectivity index (χ0v) is 10.6. The molecule has 2 N–H and O–H groups in total. The number of nitrogens with two attached hydrogens (primary N) is 1. The molecule has 3 heteroatoms. The van der Waals surface area contributed by atoms with Crippen LogP contribution in [0, 0.1) is 12.8 Å². The molecule has 1 aromatic carbocycles. The van der Waals surface area contributed by atoms with E-state index < -0.39 is 0 Å². The van der Waals surface area contributed by atoms with Crippen LogP contribution in [0.3, 0.4) is 0 Å². The highest BCUT2D eigenvalue weighted by Gasteiger charge is 2.23. The third-order valence-electron chi connectivity index (χ3n) is 3.59. The Morgan fingerprint density at radius 2 is 2.00 bits per heavy atom. The van der Waals surface area contributed by atoms with Crippen LogP contribution < -0.4 is 5.73 Å². The number of rotatable bonds is 1. The van der Waals surface area contributed by atoms with Crippen molar-refractivity contribution in [2.75, 3.05) is 18.8 Å². The molecule has 0 spiro atoms. The molecular weight excluding hydrogens is 212 g/mol. The second-order valence-corrected chi connectivity index (χ2v) is 5.01. The van der Waals surface area contributed by atoms with E-state index in [0.29, 0.717) is 11.3 Å². The van der Waals surface area contributed by atoms with Crippen molar-refractivity contribution in [2.45, 2.75) is 26.7 Å². The van der Waals surface area contributed by atoms with Crippen molar-refractivity contribution in [2.24, 2.45) is 5.92 Å². The van der Waals surface area contributed by atoms with Crippen molar-refractivity contribution in [3.8, 4) is 0 Å². The third kappa shape index (κ3) is 2.43. The molecule has 1 fully saturated rings. The number of carbonyl (C=O) groups excluding carboxylic acids is 1. The normalized spacial score (nSPS) is 17.2. The molecule has 1 amide bonds. The SMILES string of the molecule is Cc1cccc(N)c1C(=O)N1CCC(C)CC1. The number of piperidine rings is 1. The van der Waals surface area contributed by atoms with Crippen LogP contribution in [0.25, 0.3) is 0 Å². The second-order valence-electron chi connectivity index (χ2n) is 5.01. The van der Waals surface area contributed by atoms with Crippen molar-refractivity contribution < 1.29 is 4.79 Å². The Balaban J connectivity index is 2.20. The average Bonchev–Trinajstić information content (AvgIpc) is 2.29. The van der Waals surface area contributed by atoms with Gasteiger partial charge in [0, 0.05) is 18.8 Å². The molecule has 1 heterocycles. The van der Waals surface area contributed by atoms with Crippen molar-refractivity contribution in [1.29, 1.82) is 0 Å². The maximum Gasteiger partial charge on any atom is 0.256 e. The predicted octanol–water partition coefficient (Wildman–Crippen LogP) is 2.45. The Labute approximate surface area is 103 Å². The van der Waals surface area contributed by atoms with Gasteiger partial charge in [0.05, 0.1) is 5.56 Å². The van der Waals surface area contributed by atoms with Gasteiger partial charge in [-0.05, 0) is 37.3 Å². The number of hydrogen-bond acceptors (Lipinski definition) is 2. The molecule has 1 aliphatic rings. The largest absolute Gasteiger partial charge is 0.398 e. The lowest BCUT2D eigenvalue weighted by Crippen LogP contribution is -2.38. The van der Waals surface area contributed by atoms with Crippen LogP contribution in [0.15, 0.2) is 18.2 Å². The molecule has 1 aliphatic heterocycles. The molecule has 1 saturated heterocycles. The number of anilines is 1. The van der Waals surface area contributed by atoms with Crippen LogP contribution in [0.5, 0.6) is 0 Å². The molecule has 0 unspecified atom stereocenters. The van der Waals surface area contributed by atoms with Crippen molar-refractivity contribution >= 4 is 11.6 Å². The number of amides is 1. The van der Waals surface area contributed by atoms with Crippen molar-refractivity contribution in [1.82, 2.24) is 4.90 Å². The highest BCUT2D eigenvalue weighted by Crippen LogP contribution is 2.22. The van der Waals surface area contributed by atoms with Gasteiger partial charge >= 0.3 is 0 Å². The van der Waals surface area contributed by atoms with Gasteiger partial charge in [0.2, 0.25) is 0 Å². The monoisotopic (exact) mass is 232 g/mol. The van der Waals surface area contributed by atoms with Gasteiger partial charge < -0.3 is 10.6 Å². The number of carbonyl (C=O) groups is 1. The van der Waals surface area contributed by atoms with Crippen LogP contribution in [-0.4, -0.2) is 23.9 Å². The smallest absolute Gasteiger partial charge is 0.256 e. The topological polar surface area (TPSA) is 46.3 Å². The minimum absolute atomic E-state index is 0.0903. The van der Waals surface area contributed by atoms with Gasteiger partial charge in [0.15, 0.2) is 0 Å². The summed E-state index contributed by atoms with van der Waals surface area (Å²) >= 11 is 0. The fourth-order valence-electron chi connectivity index (χ4n) is 2.35. The summed E-state index contributed by atoms with van der Waals surface area (Å²) in [6.45, 7) is 5.89. The standard InChI is InChI=1S/C14H20N2O/c1-10-6-8-16(9-7-10)14(17)13-11(2)4-3-5-12(13)15/h3-5,10H,6-9,15H2,1-2H3. The fourth-order valence-corrected chi connectivity index (χ4v) is 2.35. The lowest BCUT2D eigenvalue weighted by atomic mass is 9.97. The minimum atomic E-state index is 0.0903. The van der Waals surface area contributed by atoms with E-state index in [9.17, 15) is 4.79 Å². The molecule has 2 rings (SSSR count). The van der Waals surface area contributed by atoms with E-state index in [1.54, 1.807) is 6.07 Å². The number of aryl methyl sites for hydroxylation is 1. The summed E-state index contributed by atoms with van der Waals surface area (Å²) in [7, 11) is 0. The van der Waals surface area contributed by atoms with E-state index in [1.807, 2.05) is 24.0 Å². The molecule has 0 aliphatic carbocycles. The maximum absolute atomic E-state index is 12.4. The van der Waals surface area contributed by atoms with Gasteiger partial charge in [-0.15, -0.1) is 0 Å². The quantitative estimate of drug-likeness (QED) is 0.756. The Morgan fingerprint density at radius 3 is 2.59 bits per heavy atom. The first-order valence-electron chi connectivity index (χ1n) is 6.24. The van der Waals surface area contributed by atoms with Crippen molar-refractivity contribution in [3.63, 3.8) is 0 Å². The van der Waals surface area contributed by atoms with Crippen LogP contribution in [0.2, 0.25) is 0 Å². The number of likely N-dealkylation sites (tertiary alicyclic amines) is 1. The maximum atomic E-state index is 12.4. The number of benzene rings is 1. The summed E-state index contributed by atoms with van der Waals surface area (Å²) < 4.78 is 0. The summed E-state index contributed by atoms with van der Waals surface area (Å²) in [6.07, 6.45) is 2.19. The van der Waals surface area contributed by atoms with E-state index in [2.05, 4.69) is 6.92 Å². The molecule has 0 bridgehead atoms. The molecule has 0 radical (unpaired) electrons. The van der Waals surface area contributed by atoms with E-state index in [0.717, 1.165) is 37.4 Å². The van der Waals surface area contributed by atoms with Gasteiger partial charge in [-0.3, -0.25) is 4.79 Å². The van der Waals surface area contributed by atoms with E-state index in [1.165, 1.54) is 0 Å². The second kappa shape index (κ2) is 4.78. The first kappa shape index (κ1) is 12.0. The zero-order valence-electron chi connectivity index (χ0n) is 10.6. The molecule has 0 aromatic heterocycles. The summed E-state index contributed by atoms with van der Waals surface area (Å²) in [5, 5.41) is 0. The summed E-state index contributed by atoms with van der Waals surface area (Å²) in [5.41, 5.74) is 8.15. The molecular formula is C14H20N2O. The predicted molar refractivity (Wildman–Crippen MR) is 69.9 cm³/mol. The third-order valence-corrected chi connectivity index (χ3v) is 3.59. The van der Waals surface area contributed by atoms with Crippen LogP contribution in [-0.2, 0) is 0 Å². The highest BCUT2D eigenvalue weighted by atomic mass is 16.2. The summed E-state index contributed by atoms with van der Waals surface area (Å²) in [5.74, 6) is 0.820. The molecule has 92 valence electrons. The van der Waals surface area contributed by atoms with E-state index in [4.69, 9.17) is 5.73 Å². The first-order valence-corrected chi connectivity index (χ1v) is 6.24. The molecule has 0 atom stereocenters. The van der Waals surface area contributed by atoms with Crippen LogP contribution in [0.1, 0.15) is 35.7 Å². The average molecular weight is 232 g/mol. The number of hydrogen-bond donors (Lipinski definition) is 1. The molecule has 3 nitrogen and oxygen atoms in total. The first-order chi connectivity index (χ1) is 8.09. The Kier molecular flexibility index (Phi) is 3.36. The zero-order chi connectivity index (χ0) is 12.4. The van der Waals surface area contributed by atoms with Gasteiger partial charge in [-0.25, -0.2) is 0 Å². The van der Waals surface area contributed by atoms with E-state index in [-0.39, 0.29) is 5.91 Å². The highest BCUT2D eigenvalue weighted by molar-refractivity contribution is 6.00. The Bertz CT molecular complexity index is 400. The van der Waals surface area contributed by atoms with E-state index >= 15 is 0 Å². The Hall–Kier alpha value is -1.51. The lowest BCUT2D eigenvalue weighted by molar-refractivity contribution is 0.0697. The van der Waals surface area contributed by atoms with Gasteiger partial charge in [-0.1, -0.05) is 19.1 Å². The molecule has 0 saturated carbocycles. The van der Waals surface area contributed by atoms with Gasteiger partial charge in [0.25, 0.3) is 5.91 Å². The molecule has 17 heavy (non-hydrogen) atoms. The van der Waals surface area contributed by atoms with Crippen molar-refractivity contribution in [3.05, 3.63) is 29.3 Å². The number of nitrogen functional groups attached to an aromatic ring is 1. The lowest BCUT2D eigenvalue weighted by Gasteiger charge is -2.31. The number of nitrogens with zero attached hydrogens (tertiary/aromatic N) is 1. The molecule has 1 aromatic rings.